The van der Waals surface area contributed by atoms with Crippen LogP contribution in [-0.2, 0) is 0 Å². The molecule has 2 aromatic rings. The second-order valence-electron chi connectivity index (χ2n) is 3.25. The lowest BCUT2D eigenvalue weighted by atomic mass is 10.2. The highest BCUT2D eigenvalue weighted by molar-refractivity contribution is 5.97. The van der Waals surface area contributed by atoms with E-state index in [2.05, 4.69) is 10.1 Å². The molecule has 2 rings (SSSR count). The summed E-state index contributed by atoms with van der Waals surface area (Å²) in [7, 11) is 0. The van der Waals surface area contributed by atoms with Gasteiger partial charge in [0, 0.05) is 12.4 Å². The maximum Gasteiger partial charge on any atom is 0.164 e. The monoisotopic (exact) mass is 201 g/mol. The van der Waals surface area contributed by atoms with Crippen molar-refractivity contribution in [2.24, 2.45) is 5.73 Å². The SMILES string of the molecule is Cc1cnn(-c2ncccc2C(=N)N)c1. The maximum absolute atomic E-state index is 7.43. The van der Waals surface area contributed by atoms with Crippen molar-refractivity contribution in [3.8, 4) is 5.82 Å². The van der Waals surface area contributed by atoms with Gasteiger partial charge in [0.1, 0.15) is 5.84 Å². The third kappa shape index (κ3) is 1.71. The Labute approximate surface area is 87.1 Å². The minimum atomic E-state index is -0.00810. The van der Waals surface area contributed by atoms with Crippen LogP contribution < -0.4 is 5.73 Å². The van der Waals surface area contributed by atoms with Crippen molar-refractivity contribution in [3.63, 3.8) is 0 Å². The van der Waals surface area contributed by atoms with Crippen LogP contribution in [-0.4, -0.2) is 20.6 Å². The third-order valence-corrected chi connectivity index (χ3v) is 2.01. The Kier molecular flexibility index (Phi) is 2.21. The Morgan fingerprint density at radius 1 is 1.53 bits per heavy atom. The van der Waals surface area contributed by atoms with E-state index in [4.69, 9.17) is 11.1 Å². The lowest BCUT2D eigenvalue weighted by Crippen LogP contribution is -2.15. The average molecular weight is 201 g/mol. The van der Waals surface area contributed by atoms with Crippen molar-refractivity contribution < 1.29 is 0 Å². The second kappa shape index (κ2) is 3.53. The molecule has 2 aromatic heterocycles. The molecular formula is C10H11N5. The molecule has 0 saturated carbocycles. The Bertz CT molecular complexity index is 500. The van der Waals surface area contributed by atoms with Crippen LogP contribution in [0.15, 0.2) is 30.7 Å². The van der Waals surface area contributed by atoms with Gasteiger partial charge in [-0.05, 0) is 24.6 Å². The number of nitrogens with two attached hydrogens (primary N) is 1. The number of hydrogen-bond acceptors (Lipinski definition) is 3. The molecule has 0 radical (unpaired) electrons. The zero-order valence-corrected chi connectivity index (χ0v) is 8.31. The molecule has 0 bridgehead atoms. The predicted octanol–water partition coefficient (Wildman–Crippen LogP) is 0.860. The van der Waals surface area contributed by atoms with Gasteiger partial charge in [-0.25, -0.2) is 9.67 Å². The van der Waals surface area contributed by atoms with Gasteiger partial charge in [-0.15, -0.1) is 0 Å². The molecule has 3 N–H and O–H groups in total. The molecule has 0 spiro atoms. The summed E-state index contributed by atoms with van der Waals surface area (Å²) in [6.45, 7) is 1.94. The molecule has 2 heterocycles. The number of pyridine rings is 1. The number of aromatic nitrogens is 3. The molecule has 0 atom stereocenters. The fourth-order valence-electron chi connectivity index (χ4n) is 1.32. The lowest BCUT2D eigenvalue weighted by molar-refractivity contribution is 0.843. The van der Waals surface area contributed by atoms with Crippen LogP contribution in [0.25, 0.3) is 5.82 Å². The highest BCUT2D eigenvalue weighted by atomic mass is 15.3. The van der Waals surface area contributed by atoms with Gasteiger partial charge >= 0.3 is 0 Å². The maximum atomic E-state index is 7.43. The Balaban J connectivity index is 2.57. The van der Waals surface area contributed by atoms with E-state index in [1.54, 1.807) is 29.2 Å². The fourth-order valence-corrected chi connectivity index (χ4v) is 1.32. The summed E-state index contributed by atoms with van der Waals surface area (Å²) in [5.74, 6) is 0.573. The topological polar surface area (TPSA) is 80.6 Å². The molecule has 0 aromatic carbocycles. The number of hydrogen-bond donors (Lipinski definition) is 2. The van der Waals surface area contributed by atoms with Gasteiger partial charge in [0.25, 0.3) is 0 Å². The van der Waals surface area contributed by atoms with Gasteiger partial charge < -0.3 is 5.73 Å². The van der Waals surface area contributed by atoms with E-state index in [0.29, 0.717) is 11.4 Å². The third-order valence-electron chi connectivity index (χ3n) is 2.01. The number of aryl methyl sites for hydroxylation is 1. The fraction of sp³-hybridized carbons (Fsp3) is 0.100. The molecule has 15 heavy (non-hydrogen) atoms. The van der Waals surface area contributed by atoms with Crippen LogP contribution in [0.3, 0.4) is 0 Å². The molecule has 0 aliphatic rings. The smallest absolute Gasteiger partial charge is 0.164 e. The summed E-state index contributed by atoms with van der Waals surface area (Å²) in [4.78, 5) is 4.16. The summed E-state index contributed by atoms with van der Waals surface area (Å²) in [6, 6.07) is 3.50. The molecule has 0 aliphatic heterocycles. The van der Waals surface area contributed by atoms with Crippen molar-refractivity contribution in [1.29, 1.82) is 5.41 Å². The van der Waals surface area contributed by atoms with E-state index < -0.39 is 0 Å². The second-order valence-corrected chi connectivity index (χ2v) is 3.25. The molecule has 0 aliphatic carbocycles. The predicted molar refractivity (Wildman–Crippen MR) is 57.1 cm³/mol. The van der Waals surface area contributed by atoms with E-state index in [0.717, 1.165) is 5.56 Å². The standard InChI is InChI=1S/C10H11N5/c1-7-5-14-15(6-7)10-8(9(11)12)3-2-4-13-10/h2-6H,1H3,(H3,11,12). The van der Waals surface area contributed by atoms with Crippen LogP contribution in [0, 0.1) is 12.3 Å². The summed E-state index contributed by atoms with van der Waals surface area (Å²) < 4.78 is 1.62. The first-order valence-electron chi connectivity index (χ1n) is 4.49. The number of nitrogens with zero attached hydrogens (tertiary/aromatic N) is 3. The Hall–Kier alpha value is -2.17. The van der Waals surface area contributed by atoms with Gasteiger partial charge in [0.05, 0.1) is 11.8 Å². The number of nitrogen functional groups attached to an aromatic ring is 1. The lowest BCUT2D eigenvalue weighted by Gasteiger charge is -2.05. The van der Waals surface area contributed by atoms with E-state index >= 15 is 0 Å². The normalized spacial score (nSPS) is 10.2. The van der Waals surface area contributed by atoms with Crippen LogP contribution >= 0.6 is 0 Å². The molecule has 5 heteroatoms. The average Bonchev–Trinajstić information content (AvgIpc) is 2.65. The van der Waals surface area contributed by atoms with Crippen molar-refractivity contribution in [2.75, 3.05) is 0 Å². The van der Waals surface area contributed by atoms with Gasteiger partial charge in [-0.1, -0.05) is 0 Å². The minimum absolute atomic E-state index is 0.00810. The molecule has 0 saturated heterocycles. The van der Waals surface area contributed by atoms with Crippen LogP contribution in [0.2, 0.25) is 0 Å². The summed E-state index contributed by atoms with van der Waals surface area (Å²) in [5, 5.41) is 11.6. The minimum Gasteiger partial charge on any atom is -0.384 e. The van der Waals surface area contributed by atoms with Crippen LogP contribution in [0.1, 0.15) is 11.1 Å². The summed E-state index contributed by atoms with van der Waals surface area (Å²) in [6.07, 6.45) is 5.23. The molecule has 0 unspecified atom stereocenters. The van der Waals surface area contributed by atoms with E-state index in [-0.39, 0.29) is 5.84 Å². The van der Waals surface area contributed by atoms with E-state index in [1.165, 1.54) is 0 Å². The van der Waals surface area contributed by atoms with Crippen molar-refractivity contribution in [3.05, 3.63) is 41.9 Å². The van der Waals surface area contributed by atoms with Crippen molar-refractivity contribution in [1.82, 2.24) is 14.8 Å². The first-order valence-corrected chi connectivity index (χ1v) is 4.49. The Morgan fingerprint density at radius 2 is 2.33 bits per heavy atom. The van der Waals surface area contributed by atoms with Crippen LogP contribution in [0.5, 0.6) is 0 Å². The molecule has 0 fully saturated rings. The summed E-state index contributed by atoms with van der Waals surface area (Å²) >= 11 is 0. The Morgan fingerprint density at radius 3 is 2.93 bits per heavy atom. The van der Waals surface area contributed by atoms with Crippen LogP contribution in [0.4, 0.5) is 0 Å². The van der Waals surface area contributed by atoms with E-state index in [1.807, 2.05) is 13.1 Å². The largest absolute Gasteiger partial charge is 0.384 e. The quantitative estimate of drug-likeness (QED) is 0.558. The van der Waals surface area contributed by atoms with Gasteiger partial charge in [0.2, 0.25) is 0 Å². The number of nitrogens with one attached hydrogen (secondary N) is 1. The first kappa shape index (κ1) is 9.39. The van der Waals surface area contributed by atoms with Gasteiger partial charge in [-0.2, -0.15) is 5.10 Å². The van der Waals surface area contributed by atoms with Gasteiger partial charge in [0.15, 0.2) is 5.82 Å². The van der Waals surface area contributed by atoms with Crippen molar-refractivity contribution in [2.45, 2.75) is 6.92 Å². The van der Waals surface area contributed by atoms with Crippen molar-refractivity contribution >= 4 is 5.84 Å². The molecule has 5 nitrogen and oxygen atoms in total. The highest BCUT2D eigenvalue weighted by Gasteiger charge is 2.08. The summed E-state index contributed by atoms with van der Waals surface area (Å²) in [5.41, 5.74) is 7.08. The molecule has 0 amide bonds. The highest BCUT2D eigenvalue weighted by Crippen LogP contribution is 2.10. The molecular weight excluding hydrogens is 190 g/mol. The van der Waals surface area contributed by atoms with E-state index in [9.17, 15) is 0 Å². The number of amidine groups is 1. The first-order chi connectivity index (χ1) is 7.18. The molecule has 76 valence electrons. The number of rotatable bonds is 2. The van der Waals surface area contributed by atoms with Gasteiger partial charge in [-0.3, -0.25) is 5.41 Å². The zero-order chi connectivity index (χ0) is 10.8. The zero-order valence-electron chi connectivity index (χ0n) is 8.31.